The van der Waals surface area contributed by atoms with Crippen LogP contribution >= 0.6 is 23.2 Å². The summed E-state index contributed by atoms with van der Waals surface area (Å²) in [6.07, 6.45) is -0.113. The minimum atomic E-state index is -0.518. The second kappa shape index (κ2) is 7.62. The minimum absolute atomic E-state index is 0.0111. The maximum Gasteiger partial charge on any atom is 0.410 e. The molecule has 0 unspecified atom stereocenters. The Bertz CT molecular complexity index is 621. The Morgan fingerprint density at radius 1 is 1.08 bits per heavy atom. The number of benzene rings is 1. The van der Waals surface area contributed by atoms with Crippen molar-refractivity contribution in [1.29, 1.82) is 0 Å². The smallest absolute Gasteiger partial charge is 0.410 e. The number of carbonyl (C=O) groups is 2. The molecule has 24 heavy (non-hydrogen) atoms. The topological polar surface area (TPSA) is 49.9 Å². The highest BCUT2D eigenvalue weighted by Crippen LogP contribution is 2.22. The molecule has 2 amide bonds. The van der Waals surface area contributed by atoms with Crippen LogP contribution in [0, 0.1) is 0 Å². The molecule has 1 aromatic rings. The summed E-state index contributed by atoms with van der Waals surface area (Å²) in [5.41, 5.74) is 0.232. The summed E-state index contributed by atoms with van der Waals surface area (Å²) in [5, 5.41) is 1.03. The van der Waals surface area contributed by atoms with Crippen molar-refractivity contribution in [2.24, 2.45) is 0 Å². The van der Waals surface area contributed by atoms with Gasteiger partial charge in [0.2, 0.25) is 5.91 Å². The van der Waals surface area contributed by atoms with E-state index >= 15 is 0 Å². The first-order valence-corrected chi connectivity index (χ1v) is 8.61. The fourth-order valence-electron chi connectivity index (χ4n) is 2.40. The van der Waals surface area contributed by atoms with Crippen molar-refractivity contribution in [3.05, 3.63) is 33.8 Å². The van der Waals surface area contributed by atoms with Gasteiger partial charge in [0.05, 0.1) is 6.42 Å². The molecule has 0 spiro atoms. The maximum absolute atomic E-state index is 12.4. The van der Waals surface area contributed by atoms with Crippen LogP contribution in [-0.4, -0.2) is 53.6 Å². The number of nitrogens with zero attached hydrogens (tertiary/aromatic N) is 2. The monoisotopic (exact) mass is 372 g/mol. The number of ether oxygens (including phenoxy) is 1. The van der Waals surface area contributed by atoms with E-state index in [2.05, 4.69) is 0 Å². The van der Waals surface area contributed by atoms with Crippen molar-refractivity contribution in [3.63, 3.8) is 0 Å². The van der Waals surface area contributed by atoms with Crippen molar-refractivity contribution < 1.29 is 14.3 Å². The van der Waals surface area contributed by atoms with Crippen LogP contribution in [0.3, 0.4) is 0 Å². The fraction of sp³-hybridized carbons (Fsp3) is 0.529. The molecule has 0 N–H and O–H groups in total. The molecule has 0 bridgehead atoms. The molecular formula is C17H22Cl2N2O3. The number of halogens is 2. The molecule has 1 heterocycles. The number of carbonyl (C=O) groups excluding carboxylic acids is 2. The highest BCUT2D eigenvalue weighted by Gasteiger charge is 2.27. The Labute approximate surface area is 152 Å². The van der Waals surface area contributed by atoms with Crippen LogP contribution in [-0.2, 0) is 16.0 Å². The van der Waals surface area contributed by atoms with Gasteiger partial charge in [-0.3, -0.25) is 4.79 Å². The van der Waals surface area contributed by atoms with Crippen LogP contribution in [0.15, 0.2) is 18.2 Å². The summed E-state index contributed by atoms with van der Waals surface area (Å²) < 4.78 is 5.35. The molecule has 0 aliphatic carbocycles. The number of amides is 2. The third-order valence-corrected chi connectivity index (χ3v) is 4.23. The van der Waals surface area contributed by atoms with Gasteiger partial charge < -0.3 is 14.5 Å². The van der Waals surface area contributed by atoms with E-state index in [9.17, 15) is 9.59 Å². The van der Waals surface area contributed by atoms with E-state index in [4.69, 9.17) is 27.9 Å². The van der Waals surface area contributed by atoms with E-state index < -0.39 is 5.60 Å². The minimum Gasteiger partial charge on any atom is -0.444 e. The van der Waals surface area contributed by atoms with Gasteiger partial charge in [0.15, 0.2) is 0 Å². The average molecular weight is 373 g/mol. The van der Waals surface area contributed by atoms with Gasteiger partial charge in [-0.1, -0.05) is 29.3 Å². The standard InChI is InChI=1S/C17H22Cl2N2O3/c1-17(2,3)24-16(23)21-8-6-20(7-9-21)15(22)10-12-4-5-13(18)11-14(12)19/h4-5,11H,6-10H2,1-3H3. The molecule has 132 valence electrons. The number of hydrogen-bond donors (Lipinski definition) is 0. The van der Waals surface area contributed by atoms with Gasteiger partial charge in [-0.2, -0.15) is 0 Å². The quantitative estimate of drug-likeness (QED) is 0.796. The Morgan fingerprint density at radius 3 is 2.21 bits per heavy atom. The fourth-order valence-corrected chi connectivity index (χ4v) is 2.88. The molecule has 1 aromatic carbocycles. The molecular weight excluding hydrogens is 351 g/mol. The van der Waals surface area contributed by atoms with Crippen molar-refractivity contribution in [1.82, 2.24) is 9.80 Å². The van der Waals surface area contributed by atoms with E-state index in [1.54, 1.807) is 28.0 Å². The lowest BCUT2D eigenvalue weighted by Crippen LogP contribution is -2.52. The molecule has 1 aliphatic heterocycles. The van der Waals surface area contributed by atoms with Crippen LogP contribution in [0.25, 0.3) is 0 Å². The second-order valence-electron chi connectivity index (χ2n) is 6.76. The summed E-state index contributed by atoms with van der Waals surface area (Å²) in [5.74, 6) is -0.0111. The van der Waals surface area contributed by atoms with Gasteiger partial charge >= 0.3 is 6.09 Å². The Balaban J connectivity index is 1.87. The first kappa shape index (κ1) is 18.9. The first-order valence-electron chi connectivity index (χ1n) is 7.85. The van der Waals surface area contributed by atoms with Gasteiger partial charge in [0, 0.05) is 36.2 Å². The summed E-state index contributed by atoms with van der Waals surface area (Å²) in [6, 6.07) is 5.11. The van der Waals surface area contributed by atoms with E-state index in [1.807, 2.05) is 20.8 Å². The Hall–Kier alpha value is -1.46. The van der Waals surface area contributed by atoms with Gasteiger partial charge in [-0.25, -0.2) is 4.79 Å². The number of piperazine rings is 1. The van der Waals surface area contributed by atoms with Crippen LogP contribution in [0.5, 0.6) is 0 Å². The Morgan fingerprint density at radius 2 is 1.67 bits per heavy atom. The highest BCUT2D eigenvalue weighted by atomic mass is 35.5. The molecule has 0 radical (unpaired) electrons. The molecule has 5 nitrogen and oxygen atoms in total. The van der Waals surface area contributed by atoms with Crippen LogP contribution in [0.1, 0.15) is 26.3 Å². The van der Waals surface area contributed by atoms with Crippen LogP contribution < -0.4 is 0 Å². The molecule has 2 rings (SSSR count). The molecule has 1 saturated heterocycles. The maximum atomic E-state index is 12.4. The Kier molecular flexibility index (Phi) is 5.99. The van der Waals surface area contributed by atoms with Crippen LogP contribution in [0.2, 0.25) is 10.0 Å². The largest absolute Gasteiger partial charge is 0.444 e. The van der Waals surface area contributed by atoms with E-state index in [0.29, 0.717) is 36.2 Å². The lowest BCUT2D eigenvalue weighted by molar-refractivity contribution is -0.132. The summed E-state index contributed by atoms with van der Waals surface area (Å²) in [4.78, 5) is 27.8. The normalized spacial score (nSPS) is 15.4. The zero-order chi connectivity index (χ0) is 17.9. The predicted octanol–water partition coefficient (Wildman–Crippen LogP) is 3.62. The summed E-state index contributed by atoms with van der Waals surface area (Å²) in [7, 11) is 0. The predicted molar refractivity (Wildman–Crippen MR) is 94.6 cm³/mol. The second-order valence-corrected chi connectivity index (χ2v) is 7.60. The molecule has 7 heteroatoms. The zero-order valence-corrected chi connectivity index (χ0v) is 15.7. The molecule has 0 aromatic heterocycles. The summed E-state index contributed by atoms with van der Waals surface area (Å²) >= 11 is 12.0. The lowest BCUT2D eigenvalue weighted by atomic mass is 10.1. The van der Waals surface area contributed by atoms with Gasteiger partial charge in [-0.05, 0) is 38.5 Å². The van der Waals surface area contributed by atoms with E-state index in [0.717, 1.165) is 5.56 Å². The van der Waals surface area contributed by atoms with Crippen molar-refractivity contribution >= 4 is 35.2 Å². The van der Waals surface area contributed by atoms with Crippen molar-refractivity contribution in [2.45, 2.75) is 32.8 Å². The van der Waals surface area contributed by atoms with Gasteiger partial charge in [0.25, 0.3) is 0 Å². The number of hydrogen-bond acceptors (Lipinski definition) is 3. The third kappa shape index (κ3) is 5.28. The molecule has 0 atom stereocenters. The lowest BCUT2D eigenvalue weighted by Gasteiger charge is -2.35. The van der Waals surface area contributed by atoms with Crippen molar-refractivity contribution in [3.8, 4) is 0 Å². The SMILES string of the molecule is CC(C)(C)OC(=O)N1CCN(C(=O)Cc2ccc(Cl)cc2Cl)CC1. The van der Waals surface area contributed by atoms with Gasteiger partial charge in [0.1, 0.15) is 5.60 Å². The molecule has 1 fully saturated rings. The highest BCUT2D eigenvalue weighted by molar-refractivity contribution is 6.35. The molecule has 0 saturated carbocycles. The third-order valence-electron chi connectivity index (χ3n) is 3.64. The average Bonchev–Trinajstić information content (AvgIpc) is 2.48. The summed E-state index contributed by atoms with van der Waals surface area (Å²) in [6.45, 7) is 7.41. The zero-order valence-electron chi connectivity index (χ0n) is 14.1. The van der Waals surface area contributed by atoms with Crippen molar-refractivity contribution in [2.75, 3.05) is 26.2 Å². The first-order chi connectivity index (χ1) is 11.2. The van der Waals surface area contributed by atoms with Gasteiger partial charge in [-0.15, -0.1) is 0 Å². The van der Waals surface area contributed by atoms with E-state index in [-0.39, 0.29) is 18.4 Å². The van der Waals surface area contributed by atoms with Crippen LogP contribution in [0.4, 0.5) is 4.79 Å². The number of rotatable bonds is 2. The molecule has 1 aliphatic rings. The van der Waals surface area contributed by atoms with E-state index in [1.165, 1.54) is 0 Å².